The first-order valence-electron chi connectivity index (χ1n) is 9.83. The third kappa shape index (κ3) is 5.39. The Morgan fingerprint density at radius 1 is 1.11 bits per heavy atom. The van der Waals surface area contributed by atoms with Gasteiger partial charge in [-0.1, -0.05) is 18.6 Å². The summed E-state index contributed by atoms with van der Waals surface area (Å²) in [7, 11) is 1.66. The van der Waals surface area contributed by atoms with Gasteiger partial charge in [0.05, 0.1) is 7.11 Å². The van der Waals surface area contributed by atoms with Gasteiger partial charge in [-0.15, -0.1) is 0 Å². The number of hydrogen-bond acceptors (Lipinski definition) is 3. The van der Waals surface area contributed by atoms with Crippen molar-refractivity contribution in [3.05, 3.63) is 65.0 Å². The number of carbonyl (C=O) groups excluding carboxylic acids is 1. The zero-order valence-electron chi connectivity index (χ0n) is 16.0. The summed E-state index contributed by atoms with van der Waals surface area (Å²) < 4.78 is 18.1. The Morgan fingerprint density at radius 3 is 2.70 bits per heavy atom. The van der Waals surface area contributed by atoms with Crippen molar-refractivity contribution in [3.63, 3.8) is 0 Å². The van der Waals surface area contributed by atoms with E-state index in [1.807, 2.05) is 30.3 Å². The monoisotopic (exact) mass is 369 g/mol. The molecule has 0 spiro atoms. The highest BCUT2D eigenvalue weighted by Gasteiger charge is 2.26. The average Bonchev–Trinajstić information content (AvgIpc) is 2.70. The van der Waals surface area contributed by atoms with Crippen LogP contribution in [-0.4, -0.2) is 26.0 Å². The lowest BCUT2D eigenvalue weighted by Gasteiger charge is -2.23. The van der Waals surface area contributed by atoms with Crippen molar-refractivity contribution in [2.75, 3.05) is 20.2 Å². The Bertz CT molecular complexity index is 757. The standard InChI is InChI=1S/C23H28FNO2/c1-27-21-11-12-22-19(16-21)8-7-18(23(22)26)4-2-3-14-25-15-13-17-5-9-20(24)10-6-17/h5-6,9-12,16,18,25H,2-4,7-8,13-15H2,1H3/t18-/m0/s1. The highest BCUT2D eigenvalue weighted by atomic mass is 19.1. The number of nitrogens with one attached hydrogen (secondary N) is 1. The summed E-state index contributed by atoms with van der Waals surface area (Å²) in [6, 6.07) is 12.5. The number of benzene rings is 2. The number of fused-ring (bicyclic) bond motifs is 1. The molecule has 0 unspecified atom stereocenters. The van der Waals surface area contributed by atoms with Crippen LogP contribution < -0.4 is 10.1 Å². The third-order valence-electron chi connectivity index (χ3n) is 5.37. The fourth-order valence-corrected chi connectivity index (χ4v) is 3.75. The molecular formula is C23H28FNO2. The summed E-state index contributed by atoms with van der Waals surface area (Å²) in [6.45, 7) is 1.85. The molecule has 0 aromatic heterocycles. The second-order valence-corrected chi connectivity index (χ2v) is 7.25. The van der Waals surface area contributed by atoms with Gasteiger partial charge in [0.15, 0.2) is 5.78 Å². The molecule has 0 fully saturated rings. The molecule has 0 saturated heterocycles. The molecule has 144 valence electrons. The Morgan fingerprint density at radius 2 is 1.93 bits per heavy atom. The molecule has 2 aromatic rings. The average molecular weight is 369 g/mol. The molecule has 1 aliphatic rings. The van der Waals surface area contributed by atoms with Gasteiger partial charge >= 0.3 is 0 Å². The van der Waals surface area contributed by atoms with Crippen LogP contribution in [-0.2, 0) is 12.8 Å². The highest BCUT2D eigenvalue weighted by molar-refractivity contribution is 6.00. The van der Waals surface area contributed by atoms with Crippen LogP contribution in [0.5, 0.6) is 5.75 Å². The number of methoxy groups -OCH3 is 1. The topological polar surface area (TPSA) is 38.3 Å². The maximum Gasteiger partial charge on any atom is 0.166 e. The van der Waals surface area contributed by atoms with Crippen molar-refractivity contribution in [1.29, 1.82) is 0 Å². The molecule has 1 N–H and O–H groups in total. The number of ether oxygens (including phenoxy) is 1. The second-order valence-electron chi connectivity index (χ2n) is 7.25. The smallest absolute Gasteiger partial charge is 0.166 e. The maximum atomic E-state index is 12.9. The minimum Gasteiger partial charge on any atom is -0.497 e. The Balaban J connectivity index is 1.33. The number of aryl methyl sites for hydroxylation is 1. The molecule has 0 amide bonds. The predicted octanol–water partition coefficient (Wildman–Crippen LogP) is 4.58. The van der Waals surface area contributed by atoms with Gasteiger partial charge in [-0.2, -0.15) is 0 Å². The summed E-state index contributed by atoms with van der Waals surface area (Å²) in [5.41, 5.74) is 3.15. The molecule has 1 aliphatic carbocycles. The molecule has 0 bridgehead atoms. The van der Waals surface area contributed by atoms with E-state index in [1.54, 1.807) is 7.11 Å². The number of rotatable bonds is 9. The van der Waals surface area contributed by atoms with Crippen molar-refractivity contribution in [2.24, 2.45) is 5.92 Å². The summed E-state index contributed by atoms with van der Waals surface area (Å²) in [5.74, 6) is 1.09. The fraction of sp³-hybridized carbons (Fsp3) is 0.435. The summed E-state index contributed by atoms with van der Waals surface area (Å²) >= 11 is 0. The molecule has 2 aromatic carbocycles. The maximum absolute atomic E-state index is 12.9. The van der Waals surface area contributed by atoms with E-state index in [9.17, 15) is 9.18 Å². The van der Waals surface area contributed by atoms with E-state index in [2.05, 4.69) is 5.32 Å². The van der Waals surface area contributed by atoms with Crippen molar-refractivity contribution in [3.8, 4) is 5.75 Å². The molecule has 0 heterocycles. The van der Waals surface area contributed by atoms with Gasteiger partial charge in [-0.25, -0.2) is 4.39 Å². The lowest BCUT2D eigenvalue weighted by Crippen LogP contribution is -2.23. The largest absolute Gasteiger partial charge is 0.497 e. The Hall–Kier alpha value is -2.20. The van der Waals surface area contributed by atoms with Crippen molar-refractivity contribution in [2.45, 2.75) is 38.5 Å². The van der Waals surface area contributed by atoms with E-state index < -0.39 is 0 Å². The van der Waals surface area contributed by atoms with Crippen LogP contribution in [0.1, 0.15) is 47.2 Å². The first-order valence-corrected chi connectivity index (χ1v) is 9.83. The number of hydrogen-bond donors (Lipinski definition) is 1. The van der Waals surface area contributed by atoms with E-state index in [0.717, 1.165) is 74.1 Å². The zero-order valence-corrected chi connectivity index (χ0v) is 16.0. The van der Waals surface area contributed by atoms with Gasteiger partial charge in [0, 0.05) is 11.5 Å². The second kappa shape index (κ2) is 9.65. The van der Waals surface area contributed by atoms with Gasteiger partial charge in [0.2, 0.25) is 0 Å². The molecule has 27 heavy (non-hydrogen) atoms. The van der Waals surface area contributed by atoms with Gasteiger partial charge < -0.3 is 10.1 Å². The molecule has 3 rings (SSSR count). The molecule has 1 atom stereocenters. The minimum absolute atomic E-state index is 0.158. The normalized spacial score (nSPS) is 16.2. The quantitative estimate of drug-likeness (QED) is 0.658. The van der Waals surface area contributed by atoms with E-state index >= 15 is 0 Å². The van der Waals surface area contributed by atoms with E-state index in [1.165, 1.54) is 12.1 Å². The van der Waals surface area contributed by atoms with Crippen LogP contribution in [0.25, 0.3) is 0 Å². The molecule has 0 saturated carbocycles. The lowest BCUT2D eigenvalue weighted by atomic mass is 9.80. The van der Waals surface area contributed by atoms with E-state index in [0.29, 0.717) is 5.78 Å². The zero-order chi connectivity index (χ0) is 19.1. The number of unbranched alkanes of at least 4 members (excludes halogenated alkanes) is 1. The van der Waals surface area contributed by atoms with Gasteiger partial charge in [-0.05, 0) is 86.7 Å². The number of ketones is 1. The van der Waals surface area contributed by atoms with E-state index in [-0.39, 0.29) is 11.7 Å². The third-order valence-corrected chi connectivity index (χ3v) is 5.37. The van der Waals surface area contributed by atoms with Crippen LogP contribution in [0, 0.1) is 11.7 Å². The Labute approximate surface area is 160 Å². The van der Waals surface area contributed by atoms with Crippen LogP contribution in [0.3, 0.4) is 0 Å². The number of halogens is 1. The summed E-state index contributed by atoms with van der Waals surface area (Å²) in [4.78, 5) is 12.7. The van der Waals surface area contributed by atoms with Crippen LogP contribution in [0.15, 0.2) is 42.5 Å². The SMILES string of the molecule is COc1ccc2c(c1)CC[C@H](CCCCNCCc1ccc(F)cc1)C2=O. The number of Topliss-reactive ketones (excluding diaryl/α,β-unsaturated/α-hetero) is 1. The van der Waals surface area contributed by atoms with Crippen molar-refractivity contribution >= 4 is 5.78 Å². The van der Waals surface area contributed by atoms with Crippen molar-refractivity contribution < 1.29 is 13.9 Å². The molecule has 0 radical (unpaired) electrons. The molecular weight excluding hydrogens is 341 g/mol. The Kier molecular flexibility index (Phi) is 6.99. The van der Waals surface area contributed by atoms with Gasteiger partial charge in [0.25, 0.3) is 0 Å². The summed E-state index contributed by atoms with van der Waals surface area (Å²) in [6.07, 6.45) is 5.90. The van der Waals surface area contributed by atoms with Crippen LogP contribution in [0.4, 0.5) is 4.39 Å². The summed E-state index contributed by atoms with van der Waals surface area (Å²) in [5, 5.41) is 3.43. The van der Waals surface area contributed by atoms with Gasteiger partial charge in [-0.3, -0.25) is 4.79 Å². The lowest BCUT2D eigenvalue weighted by molar-refractivity contribution is 0.0892. The van der Waals surface area contributed by atoms with Crippen LogP contribution >= 0.6 is 0 Å². The van der Waals surface area contributed by atoms with Crippen LogP contribution in [0.2, 0.25) is 0 Å². The fourth-order valence-electron chi connectivity index (χ4n) is 3.75. The highest BCUT2D eigenvalue weighted by Crippen LogP contribution is 2.31. The first kappa shape index (κ1) is 19.6. The van der Waals surface area contributed by atoms with Crippen molar-refractivity contribution in [1.82, 2.24) is 5.32 Å². The predicted molar refractivity (Wildman–Crippen MR) is 106 cm³/mol. The van der Waals surface area contributed by atoms with E-state index in [4.69, 9.17) is 4.74 Å². The molecule has 0 aliphatic heterocycles. The van der Waals surface area contributed by atoms with Gasteiger partial charge in [0.1, 0.15) is 11.6 Å². The molecule has 4 heteroatoms. The first-order chi connectivity index (χ1) is 13.2. The number of carbonyl (C=O) groups is 1. The molecule has 3 nitrogen and oxygen atoms in total. The minimum atomic E-state index is -0.189.